The summed E-state index contributed by atoms with van der Waals surface area (Å²) in [4.78, 5) is 16.5. The van der Waals surface area contributed by atoms with Crippen molar-refractivity contribution in [3.63, 3.8) is 0 Å². The Morgan fingerprint density at radius 2 is 1.39 bits per heavy atom. The minimum Gasteiger partial charge on any atom is -0.392 e. The molecule has 1 saturated heterocycles. The van der Waals surface area contributed by atoms with E-state index < -0.39 is 28.3 Å². The number of rotatable bonds is 14. The lowest BCUT2D eigenvalue weighted by Gasteiger charge is -2.42. The number of aliphatic hydroxyl groups is 1. The molecule has 1 amide bonds. The van der Waals surface area contributed by atoms with Gasteiger partial charge in [-0.15, -0.1) is 0 Å². The molecular weight excluding hydrogens is 783 g/mol. The number of benzene rings is 7. The van der Waals surface area contributed by atoms with E-state index in [2.05, 4.69) is 83.5 Å². The molecule has 0 aromatic heterocycles. The summed E-state index contributed by atoms with van der Waals surface area (Å²) >= 11 is 0. The molecule has 10 heteroatoms. The second-order valence-electron chi connectivity index (χ2n) is 16.1. The Balaban J connectivity index is 1.06. The highest BCUT2D eigenvalue weighted by molar-refractivity contribution is 7.89. The molecule has 0 saturated carbocycles. The van der Waals surface area contributed by atoms with E-state index in [-0.39, 0.29) is 36.0 Å². The van der Waals surface area contributed by atoms with Crippen LogP contribution in [0, 0.1) is 12.8 Å². The number of fused-ring (bicyclic) bond motifs is 2. The van der Waals surface area contributed by atoms with Gasteiger partial charge in [0.1, 0.15) is 6.04 Å². The standard InChI is InChI=1S/C51H51N3O6S/c1-34-20-26-43(27-21-34)61(57,58)53-47(28-36-12-5-4-6-13-36)50(56)52-42-17-11-16-41(30-42)51-59-48(35(2)49(60-51)38-24-22-37(33-55)23-25-38)32-54(3)31-46-44-18-9-7-14-39(44)29-40-15-8-10-19-45(40)46/h4-27,29-30,35,47-49,51,53,55H,28,31-33H2,1-3H3,(H,52,56)/t35-,47+,48+,49+,51?/m0/s1. The Labute approximate surface area is 358 Å². The van der Waals surface area contributed by atoms with E-state index in [1.165, 1.54) is 39.2 Å². The molecular formula is C51H51N3O6S. The van der Waals surface area contributed by atoms with Crippen molar-refractivity contribution in [1.29, 1.82) is 0 Å². The lowest BCUT2D eigenvalue weighted by molar-refractivity contribution is -0.276. The van der Waals surface area contributed by atoms with Gasteiger partial charge in [-0.3, -0.25) is 9.69 Å². The third-order valence-electron chi connectivity index (χ3n) is 11.6. The van der Waals surface area contributed by atoms with Crippen LogP contribution in [0.5, 0.6) is 0 Å². The van der Waals surface area contributed by atoms with Crippen LogP contribution < -0.4 is 10.0 Å². The second kappa shape index (κ2) is 18.5. The van der Waals surface area contributed by atoms with Crippen molar-refractivity contribution in [3.05, 3.63) is 191 Å². The fourth-order valence-corrected chi connectivity index (χ4v) is 9.45. The molecule has 0 bridgehead atoms. The van der Waals surface area contributed by atoms with Crippen molar-refractivity contribution >= 4 is 43.2 Å². The van der Waals surface area contributed by atoms with Crippen LogP contribution in [-0.4, -0.2) is 50.1 Å². The van der Waals surface area contributed by atoms with Gasteiger partial charge in [-0.1, -0.05) is 140 Å². The van der Waals surface area contributed by atoms with Crippen molar-refractivity contribution in [2.45, 2.75) is 62.9 Å². The van der Waals surface area contributed by atoms with Crippen molar-refractivity contribution in [3.8, 4) is 0 Å². The van der Waals surface area contributed by atoms with Crippen molar-refractivity contribution in [2.75, 3.05) is 18.9 Å². The Hall–Kier alpha value is -5.72. The van der Waals surface area contributed by atoms with E-state index in [9.17, 15) is 18.3 Å². The molecule has 7 aromatic carbocycles. The molecule has 1 aliphatic rings. The molecule has 8 rings (SSSR count). The fourth-order valence-electron chi connectivity index (χ4n) is 8.25. The summed E-state index contributed by atoms with van der Waals surface area (Å²) in [5.41, 5.74) is 5.96. The molecule has 61 heavy (non-hydrogen) atoms. The number of aryl methyl sites for hydroxylation is 1. The zero-order valence-electron chi connectivity index (χ0n) is 34.6. The minimum absolute atomic E-state index is 0.0499. The number of amides is 1. The molecule has 3 N–H and O–H groups in total. The smallest absolute Gasteiger partial charge is 0.242 e. The molecule has 1 aliphatic heterocycles. The molecule has 1 heterocycles. The Bertz CT molecular complexity index is 2670. The topological polar surface area (TPSA) is 117 Å². The summed E-state index contributed by atoms with van der Waals surface area (Å²) in [5, 5.41) is 17.6. The van der Waals surface area contributed by atoms with E-state index in [0.717, 1.165) is 22.3 Å². The third-order valence-corrected chi connectivity index (χ3v) is 13.1. The van der Waals surface area contributed by atoms with Crippen molar-refractivity contribution in [1.82, 2.24) is 9.62 Å². The van der Waals surface area contributed by atoms with E-state index >= 15 is 0 Å². The molecule has 1 unspecified atom stereocenters. The highest BCUT2D eigenvalue weighted by Gasteiger charge is 2.39. The number of ether oxygens (including phenoxy) is 2. The van der Waals surface area contributed by atoms with Gasteiger partial charge in [0.15, 0.2) is 6.29 Å². The van der Waals surface area contributed by atoms with Crippen LogP contribution in [0.15, 0.2) is 163 Å². The second-order valence-corrected chi connectivity index (χ2v) is 17.8. The van der Waals surface area contributed by atoms with Gasteiger partial charge in [-0.05, 0) is 94.5 Å². The lowest BCUT2D eigenvalue weighted by Crippen LogP contribution is -2.45. The van der Waals surface area contributed by atoms with Gasteiger partial charge in [0.2, 0.25) is 15.9 Å². The number of aliphatic hydroxyl groups excluding tert-OH is 1. The first kappa shape index (κ1) is 42.0. The predicted molar refractivity (Wildman–Crippen MR) is 241 cm³/mol. The van der Waals surface area contributed by atoms with E-state index in [1.54, 1.807) is 18.2 Å². The molecule has 9 nitrogen and oxygen atoms in total. The van der Waals surface area contributed by atoms with E-state index in [1.807, 2.05) is 79.7 Å². The van der Waals surface area contributed by atoms with Gasteiger partial charge in [0.05, 0.1) is 23.7 Å². The number of hydrogen-bond donors (Lipinski definition) is 3. The van der Waals surface area contributed by atoms with Crippen molar-refractivity contribution in [2.24, 2.45) is 5.92 Å². The zero-order valence-corrected chi connectivity index (χ0v) is 35.4. The lowest BCUT2D eigenvalue weighted by atomic mass is 9.89. The first-order valence-corrected chi connectivity index (χ1v) is 22.2. The Kier molecular flexibility index (Phi) is 12.7. The molecule has 5 atom stereocenters. The summed E-state index contributed by atoms with van der Waals surface area (Å²) in [6.07, 6.45) is -1.23. The maximum atomic E-state index is 14.1. The van der Waals surface area contributed by atoms with Crippen LogP contribution in [0.1, 0.15) is 52.7 Å². The van der Waals surface area contributed by atoms with Crippen LogP contribution >= 0.6 is 0 Å². The molecule has 0 radical (unpaired) electrons. The van der Waals surface area contributed by atoms with Gasteiger partial charge >= 0.3 is 0 Å². The molecule has 7 aromatic rings. The van der Waals surface area contributed by atoms with Crippen LogP contribution in [-0.2, 0) is 43.9 Å². The van der Waals surface area contributed by atoms with E-state index in [4.69, 9.17) is 9.47 Å². The number of nitrogens with one attached hydrogen (secondary N) is 2. The number of nitrogens with zero attached hydrogens (tertiary/aromatic N) is 1. The summed E-state index contributed by atoms with van der Waals surface area (Å²) < 4.78 is 43.4. The van der Waals surface area contributed by atoms with Gasteiger partial charge in [0.25, 0.3) is 0 Å². The number of carbonyl (C=O) groups excluding carboxylic acids is 1. The quantitative estimate of drug-likeness (QED) is 0.0936. The fraction of sp³-hybridized carbons (Fsp3) is 0.235. The highest BCUT2D eigenvalue weighted by atomic mass is 32.2. The summed E-state index contributed by atoms with van der Waals surface area (Å²) in [5.74, 6) is -0.552. The Morgan fingerprint density at radius 3 is 2.07 bits per heavy atom. The van der Waals surface area contributed by atoms with Crippen molar-refractivity contribution < 1.29 is 27.8 Å². The average Bonchev–Trinajstić information content (AvgIpc) is 3.27. The van der Waals surface area contributed by atoms with Crippen LogP contribution in [0.25, 0.3) is 21.5 Å². The maximum Gasteiger partial charge on any atom is 0.242 e. The SMILES string of the molecule is Cc1ccc(S(=O)(=O)N[C@H](Cc2ccccc2)C(=O)Nc2cccc(C3O[C@H](CN(C)Cc4c5ccccc5cc5ccccc45)[C@H](C)[C@H](c4ccc(CO)cc4)O3)c2)cc1. The first-order chi connectivity index (χ1) is 29.5. The number of anilines is 1. The summed E-state index contributed by atoms with van der Waals surface area (Å²) in [7, 11) is -1.91. The first-order valence-electron chi connectivity index (χ1n) is 20.7. The molecule has 1 fully saturated rings. The molecule has 312 valence electrons. The third kappa shape index (κ3) is 9.76. The number of likely N-dealkylation sites (N-methyl/N-ethyl adjacent to an activating group) is 1. The van der Waals surface area contributed by atoms with Crippen LogP contribution in [0.4, 0.5) is 5.69 Å². The molecule has 0 spiro atoms. The normalized spacial score (nSPS) is 18.6. The highest BCUT2D eigenvalue weighted by Crippen LogP contribution is 2.42. The number of carbonyl (C=O) groups is 1. The van der Waals surface area contributed by atoms with Gasteiger partial charge in [-0.25, -0.2) is 8.42 Å². The minimum atomic E-state index is -4.03. The summed E-state index contributed by atoms with van der Waals surface area (Å²) in [6.45, 7) is 5.30. The van der Waals surface area contributed by atoms with Crippen LogP contribution in [0.2, 0.25) is 0 Å². The van der Waals surface area contributed by atoms with E-state index in [0.29, 0.717) is 24.3 Å². The average molecular weight is 834 g/mol. The Morgan fingerprint density at radius 1 is 0.738 bits per heavy atom. The number of sulfonamides is 1. The largest absolute Gasteiger partial charge is 0.392 e. The monoisotopic (exact) mass is 833 g/mol. The maximum absolute atomic E-state index is 14.1. The molecule has 0 aliphatic carbocycles. The number of hydrogen-bond acceptors (Lipinski definition) is 7. The van der Waals surface area contributed by atoms with Crippen LogP contribution in [0.3, 0.4) is 0 Å². The van der Waals surface area contributed by atoms with Gasteiger partial charge in [0, 0.05) is 30.3 Å². The van der Waals surface area contributed by atoms with Gasteiger partial charge < -0.3 is 19.9 Å². The summed E-state index contributed by atoms with van der Waals surface area (Å²) in [6, 6.07) is 49.2. The predicted octanol–water partition coefficient (Wildman–Crippen LogP) is 9.25. The zero-order chi connectivity index (χ0) is 42.5. The van der Waals surface area contributed by atoms with Gasteiger partial charge in [-0.2, -0.15) is 4.72 Å².